The average molecular weight is 554 g/mol. The molecule has 41 heavy (non-hydrogen) atoms. The Kier molecular flexibility index (Phi) is 7.13. The molecule has 0 saturated carbocycles. The topological polar surface area (TPSA) is 126 Å². The number of hydrogen-bond acceptors (Lipinski definition) is 7. The number of nitrogens with one attached hydrogen (secondary N) is 1. The summed E-state index contributed by atoms with van der Waals surface area (Å²) in [7, 11) is 0. The predicted octanol–water partition coefficient (Wildman–Crippen LogP) is 6.10. The minimum atomic E-state index is -0.453. The average Bonchev–Trinajstić information content (AvgIpc) is 3.51. The van der Waals surface area contributed by atoms with Crippen LogP contribution in [0.2, 0.25) is 0 Å². The predicted molar refractivity (Wildman–Crippen MR) is 161 cm³/mol. The summed E-state index contributed by atoms with van der Waals surface area (Å²) >= 11 is 1.40. The lowest BCUT2D eigenvalue weighted by Gasteiger charge is -2.08. The quantitative estimate of drug-likeness (QED) is 0.139. The molecule has 6 rings (SSSR count). The van der Waals surface area contributed by atoms with Crippen molar-refractivity contribution in [1.29, 1.82) is 5.26 Å². The molecule has 0 radical (unpaired) electrons. The maximum Gasteiger partial charge on any atom is 0.270 e. The lowest BCUT2D eigenvalue weighted by Crippen LogP contribution is -2.14. The summed E-state index contributed by atoms with van der Waals surface area (Å²) in [5.74, 6) is 0.579. The highest BCUT2D eigenvalue weighted by Gasteiger charge is 2.14. The van der Waals surface area contributed by atoms with E-state index in [1.165, 1.54) is 11.8 Å². The SMILES string of the molecule is N#Cc1c(-c2ccc(-c3ccccc3)cc2)nc(SCc2ccc(-n3cc(-c4ccc(N)cc4)nn3)cc2)[nH]c1=O. The van der Waals surface area contributed by atoms with Crippen LogP contribution in [-0.4, -0.2) is 25.0 Å². The molecule has 0 bridgehead atoms. The Labute approximate surface area is 240 Å². The van der Waals surface area contributed by atoms with E-state index in [1.807, 2.05) is 115 Å². The first kappa shape index (κ1) is 25.8. The highest BCUT2D eigenvalue weighted by molar-refractivity contribution is 7.98. The zero-order valence-corrected chi connectivity index (χ0v) is 22.5. The molecule has 0 spiro atoms. The van der Waals surface area contributed by atoms with Gasteiger partial charge < -0.3 is 10.7 Å². The second-order valence-corrected chi connectivity index (χ2v) is 10.2. The van der Waals surface area contributed by atoms with Crippen molar-refractivity contribution in [3.8, 4) is 45.4 Å². The summed E-state index contributed by atoms with van der Waals surface area (Å²) in [6.07, 6.45) is 1.87. The lowest BCUT2D eigenvalue weighted by molar-refractivity contribution is 0.803. The van der Waals surface area contributed by atoms with Gasteiger partial charge in [0, 0.05) is 22.6 Å². The van der Waals surface area contributed by atoms with Gasteiger partial charge in [0.1, 0.15) is 17.3 Å². The van der Waals surface area contributed by atoms with E-state index in [4.69, 9.17) is 5.73 Å². The number of thioether (sulfide) groups is 1. The molecule has 2 heterocycles. The molecule has 0 aliphatic heterocycles. The van der Waals surface area contributed by atoms with Gasteiger partial charge in [-0.15, -0.1) is 5.10 Å². The van der Waals surface area contributed by atoms with Crippen LogP contribution in [0.3, 0.4) is 0 Å². The number of hydrogen-bond donors (Lipinski definition) is 2. The monoisotopic (exact) mass is 553 g/mol. The fourth-order valence-corrected chi connectivity index (χ4v) is 5.17. The van der Waals surface area contributed by atoms with Crippen LogP contribution in [0.1, 0.15) is 11.1 Å². The third-order valence-electron chi connectivity index (χ3n) is 6.55. The second kappa shape index (κ2) is 11.3. The highest BCUT2D eigenvalue weighted by atomic mass is 32.2. The Morgan fingerprint density at radius 2 is 1.49 bits per heavy atom. The van der Waals surface area contributed by atoms with Gasteiger partial charge in [0.05, 0.1) is 17.6 Å². The van der Waals surface area contributed by atoms with Crippen LogP contribution in [0.25, 0.3) is 39.3 Å². The molecule has 9 heteroatoms. The second-order valence-electron chi connectivity index (χ2n) is 9.28. The van der Waals surface area contributed by atoms with E-state index in [9.17, 15) is 10.1 Å². The third-order valence-corrected chi connectivity index (χ3v) is 7.50. The van der Waals surface area contributed by atoms with E-state index in [1.54, 1.807) is 4.68 Å². The van der Waals surface area contributed by atoms with Crippen LogP contribution in [0.4, 0.5) is 5.69 Å². The molecule has 0 amide bonds. The van der Waals surface area contributed by atoms with Gasteiger partial charge in [0.15, 0.2) is 5.16 Å². The number of aromatic amines is 1. The smallest absolute Gasteiger partial charge is 0.270 e. The molecule has 4 aromatic carbocycles. The van der Waals surface area contributed by atoms with Crippen LogP contribution < -0.4 is 11.3 Å². The number of benzene rings is 4. The summed E-state index contributed by atoms with van der Waals surface area (Å²) < 4.78 is 1.72. The molecule has 0 atom stereocenters. The Balaban J connectivity index is 1.18. The molecule has 0 aliphatic carbocycles. The lowest BCUT2D eigenvalue weighted by atomic mass is 10.0. The summed E-state index contributed by atoms with van der Waals surface area (Å²) in [4.78, 5) is 20.1. The molecule has 2 aromatic heterocycles. The van der Waals surface area contributed by atoms with Crippen molar-refractivity contribution in [2.45, 2.75) is 10.9 Å². The van der Waals surface area contributed by atoms with E-state index in [0.717, 1.165) is 33.6 Å². The Bertz CT molecular complexity index is 1910. The minimum absolute atomic E-state index is 0.00247. The number of nitrogens with two attached hydrogens (primary N) is 1. The van der Waals surface area contributed by atoms with Crippen molar-refractivity contribution >= 4 is 17.4 Å². The summed E-state index contributed by atoms with van der Waals surface area (Å²) in [6, 6.07) is 35.2. The number of anilines is 1. The first-order valence-electron chi connectivity index (χ1n) is 12.8. The van der Waals surface area contributed by atoms with Crippen molar-refractivity contribution in [2.24, 2.45) is 0 Å². The fourth-order valence-electron chi connectivity index (χ4n) is 4.36. The van der Waals surface area contributed by atoms with Crippen molar-refractivity contribution < 1.29 is 0 Å². The highest BCUT2D eigenvalue weighted by Crippen LogP contribution is 2.27. The van der Waals surface area contributed by atoms with Crippen molar-refractivity contribution in [2.75, 3.05) is 5.73 Å². The number of nitrogens with zero attached hydrogens (tertiary/aromatic N) is 5. The third kappa shape index (κ3) is 5.64. The van der Waals surface area contributed by atoms with Crippen molar-refractivity contribution in [3.05, 3.63) is 131 Å². The van der Waals surface area contributed by atoms with Crippen LogP contribution in [-0.2, 0) is 5.75 Å². The Morgan fingerprint density at radius 1 is 0.829 bits per heavy atom. The van der Waals surface area contributed by atoms with Gasteiger partial charge in [-0.1, -0.05) is 95.8 Å². The fraction of sp³-hybridized carbons (Fsp3) is 0.0312. The van der Waals surface area contributed by atoms with E-state index in [2.05, 4.69) is 20.3 Å². The first-order valence-corrected chi connectivity index (χ1v) is 13.8. The van der Waals surface area contributed by atoms with Crippen LogP contribution in [0, 0.1) is 11.3 Å². The van der Waals surface area contributed by atoms with Gasteiger partial charge in [0.25, 0.3) is 5.56 Å². The van der Waals surface area contributed by atoms with Gasteiger partial charge in [-0.3, -0.25) is 4.79 Å². The Morgan fingerprint density at radius 3 is 2.20 bits per heavy atom. The molecular formula is C32H23N7OS. The van der Waals surface area contributed by atoms with E-state index >= 15 is 0 Å². The summed E-state index contributed by atoms with van der Waals surface area (Å²) in [5, 5.41) is 18.6. The number of rotatable bonds is 7. The van der Waals surface area contributed by atoms with Gasteiger partial charge in [0.2, 0.25) is 0 Å². The van der Waals surface area contributed by atoms with Crippen LogP contribution >= 0.6 is 11.8 Å². The number of aromatic nitrogens is 5. The molecule has 0 saturated heterocycles. The standard InChI is InChI=1S/C32H23N7OS/c33-18-28-30(25-10-8-23(9-11-25)22-4-2-1-3-5-22)35-32(36-31(28)40)41-20-21-6-16-27(17-7-21)39-19-29(37-38-39)24-12-14-26(34)15-13-24/h1-17,19H,20,34H2,(H,35,36,40). The molecule has 6 aromatic rings. The minimum Gasteiger partial charge on any atom is -0.399 e. The summed E-state index contributed by atoms with van der Waals surface area (Å²) in [5.41, 5.74) is 12.8. The van der Waals surface area contributed by atoms with Crippen LogP contribution in [0.5, 0.6) is 0 Å². The van der Waals surface area contributed by atoms with Crippen molar-refractivity contribution in [3.63, 3.8) is 0 Å². The molecular weight excluding hydrogens is 530 g/mol. The van der Waals surface area contributed by atoms with Gasteiger partial charge >= 0.3 is 0 Å². The van der Waals surface area contributed by atoms with Gasteiger partial charge in [-0.2, -0.15) is 5.26 Å². The molecule has 0 fully saturated rings. The van der Waals surface area contributed by atoms with Crippen LogP contribution in [0.15, 0.2) is 119 Å². The first-order chi connectivity index (χ1) is 20.1. The van der Waals surface area contributed by atoms with E-state index < -0.39 is 5.56 Å². The molecule has 3 N–H and O–H groups in total. The molecule has 8 nitrogen and oxygen atoms in total. The zero-order valence-electron chi connectivity index (χ0n) is 21.7. The number of nitrogen functional groups attached to an aromatic ring is 1. The largest absolute Gasteiger partial charge is 0.399 e. The normalized spacial score (nSPS) is 10.8. The maximum atomic E-state index is 12.7. The molecule has 0 aliphatic rings. The van der Waals surface area contributed by atoms with Crippen molar-refractivity contribution in [1.82, 2.24) is 25.0 Å². The Hall–Kier alpha value is -5.46. The number of H-pyrrole nitrogens is 1. The zero-order chi connectivity index (χ0) is 28.2. The van der Waals surface area contributed by atoms with E-state index in [0.29, 0.717) is 27.9 Å². The van der Waals surface area contributed by atoms with E-state index in [-0.39, 0.29) is 5.56 Å². The van der Waals surface area contributed by atoms with Gasteiger partial charge in [-0.25, -0.2) is 9.67 Å². The maximum absolute atomic E-state index is 12.7. The van der Waals surface area contributed by atoms with Gasteiger partial charge in [-0.05, 0) is 41.0 Å². The summed E-state index contributed by atoms with van der Waals surface area (Å²) in [6.45, 7) is 0. The molecule has 198 valence electrons. The molecule has 0 unspecified atom stereocenters. The number of nitriles is 1.